The second-order valence-corrected chi connectivity index (χ2v) is 6.43. The van der Waals surface area contributed by atoms with Crippen molar-refractivity contribution in [3.63, 3.8) is 0 Å². The summed E-state index contributed by atoms with van der Waals surface area (Å²) in [6, 6.07) is 6.59. The number of rotatable bonds is 5. The molecule has 1 aliphatic heterocycles. The van der Waals surface area contributed by atoms with Gasteiger partial charge in [-0.25, -0.2) is 0 Å². The Morgan fingerprint density at radius 1 is 1.53 bits per heavy atom. The van der Waals surface area contributed by atoms with E-state index in [1.165, 1.54) is 11.1 Å². The van der Waals surface area contributed by atoms with E-state index in [4.69, 9.17) is 10.5 Å². The second-order valence-electron chi connectivity index (χ2n) is 5.58. The number of halogens is 1. The zero-order valence-electron chi connectivity index (χ0n) is 11.7. The molecule has 0 spiro atoms. The van der Waals surface area contributed by atoms with E-state index in [-0.39, 0.29) is 11.6 Å². The predicted octanol–water partition coefficient (Wildman–Crippen LogP) is 2.92. The Hall–Kier alpha value is -0.420. The summed E-state index contributed by atoms with van der Waals surface area (Å²) in [5, 5.41) is 3.55. The monoisotopic (exact) mass is 326 g/mol. The van der Waals surface area contributed by atoms with E-state index in [1.807, 2.05) is 0 Å². The molecule has 0 radical (unpaired) electrons. The summed E-state index contributed by atoms with van der Waals surface area (Å²) < 4.78 is 6.94. The molecule has 2 unspecified atom stereocenters. The van der Waals surface area contributed by atoms with Crippen LogP contribution in [0.4, 0.5) is 0 Å². The van der Waals surface area contributed by atoms with Gasteiger partial charge < -0.3 is 15.8 Å². The largest absolute Gasteiger partial charge is 0.374 e. The zero-order valence-corrected chi connectivity index (χ0v) is 13.3. The third-order valence-electron chi connectivity index (χ3n) is 3.84. The van der Waals surface area contributed by atoms with Crippen LogP contribution in [0.25, 0.3) is 0 Å². The first-order valence-corrected chi connectivity index (χ1v) is 7.67. The van der Waals surface area contributed by atoms with Crippen LogP contribution in [0.5, 0.6) is 0 Å². The average molecular weight is 327 g/mol. The van der Waals surface area contributed by atoms with Crippen LogP contribution in [0.2, 0.25) is 0 Å². The number of ether oxygens (including phenoxy) is 1. The highest BCUT2D eigenvalue weighted by atomic mass is 79.9. The van der Waals surface area contributed by atoms with Gasteiger partial charge in [0.1, 0.15) is 0 Å². The van der Waals surface area contributed by atoms with Crippen LogP contribution in [0.15, 0.2) is 22.7 Å². The fourth-order valence-corrected chi connectivity index (χ4v) is 2.78. The van der Waals surface area contributed by atoms with E-state index >= 15 is 0 Å². The molecule has 0 amide bonds. The Balaban J connectivity index is 2.01. The van der Waals surface area contributed by atoms with Gasteiger partial charge in [-0.05, 0) is 43.9 Å². The molecule has 2 rings (SSSR count). The second kappa shape index (κ2) is 6.35. The van der Waals surface area contributed by atoms with E-state index in [0.29, 0.717) is 6.54 Å². The molecule has 1 aromatic rings. The smallest absolute Gasteiger partial charge is 0.0779 e. The van der Waals surface area contributed by atoms with Crippen molar-refractivity contribution in [3.05, 3.63) is 33.8 Å². The predicted molar refractivity (Wildman–Crippen MR) is 82.3 cm³/mol. The normalized spacial score (nSPS) is 24.6. The molecule has 0 bridgehead atoms. The zero-order chi connectivity index (χ0) is 13.9. The van der Waals surface area contributed by atoms with Crippen LogP contribution in [-0.4, -0.2) is 25.3 Å². The van der Waals surface area contributed by atoms with Gasteiger partial charge in [-0.15, -0.1) is 0 Å². The van der Waals surface area contributed by atoms with Gasteiger partial charge in [0.05, 0.1) is 5.60 Å². The maximum atomic E-state index is 5.91. The fraction of sp³-hybridized carbons (Fsp3) is 0.600. The lowest BCUT2D eigenvalue weighted by atomic mass is 10.0. The van der Waals surface area contributed by atoms with Crippen molar-refractivity contribution in [2.75, 3.05) is 19.7 Å². The molecule has 1 fully saturated rings. The molecule has 0 aromatic heterocycles. The summed E-state index contributed by atoms with van der Waals surface area (Å²) in [7, 11) is 0. The minimum atomic E-state index is -0.0299. The van der Waals surface area contributed by atoms with Crippen LogP contribution in [0.3, 0.4) is 0 Å². The molecular formula is C15H23BrN2O. The van der Waals surface area contributed by atoms with Gasteiger partial charge in [0.25, 0.3) is 0 Å². The molecule has 2 atom stereocenters. The van der Waals surface area contributed by atoms with E-state index < -0.39 is 0 Å². The van der Waals surface area contributed by atoms with Crippen LogP contribution in [0, 0.1) is 6.92 Å². The lowest BCUT2D eigenvalue weighted by Crippen LogP contribution is -2.41. The third kappa shape index (κ3) is 3.78. The summed E-state index contributed by atoms with van der Waals surface area (Å²) in [5.41, 5.74) is 8.35. The molecule has 19 heavy (non-hydrogen) atoms. The first kappa shape index (κ1) is 15.0. The molecule has 106 valence electrons. The maximum absolute atomic E-state index is 5.91. The molecule has 0 aliphatic carbocycles. The Kier molecular flexibility index (Phi) is 5.01. The lowest BCUT2D eigenvalue weighted by molar-refractivity contribution is 0.0189. The highest BCUT2D eigenvalue weighted by molar-refractivity contribution is 9.10. The Morgan fingerprint density at radius 3 is 2.89 bits per heavy atom. The Labute approximate surface area is 124 Å². The van der Waals surface area contributed by atoms with Gasteiger partial charge >= 0.3 is 0 Å². The summed E-state index contributed by atoms with van der Waals surface area (Å²) >= 11 is 3.53. The van der Waals surface area contributed by atoms with Crippen LogP contribution < -0.4 is 11.1 Å². The van der Waals surface area contributed by atoms with Crippen molar-refractivity contribution >= 4 is 15.9 Å². The van der Waals surface area contributed by atoms with E-state index in [9.17, 15) is 0 Å². The topological polar surface area (TPSA) is 47.3 Å². The number of nitrogens with two attached hydrogens (primary N) is 1. The Bertz CT molecular complexity index is 430. The van der Waals surface area contributed by atoms with Gasteiger partial charge in [0.2, 0.25) is 0 Å². The summed E-state index contributed by atoms with van der Waals surface area (Å²) in [4.78, 5) is 0. The van der Waals surface area contributed by atoms with Gasteiger partial charge in [0.15, 0.2) is 0 Å². The lowest BCUT2D eigenvalue weighted by Gasteiger charge is -2.27. The van der Waals surface area contributed by atoms with Crippen LogP contribution in [0.1, 0.15) is 36.9 Å². The Morgan fingerprint density at radius 2 is 2.32 bits per heavy atom. The molecule has 0 saturated carbocycles. The maximum Gasteiger partial charge on any atom is 0.0779 e. The SMILES string of the molecule is Cc1cc(C(CN)NCC2(C)CCCO2)ccc1Br. The van der Waals surface area contributed by atoms with Gasteiger partial charge in [0, 0.05) is 30.2 Å². The van der Waals surface area contributed by atoms with Crippen molar-refractivity contribution < 1.29 is 4.74 Å². The van der Waals surface area contributed by atoms with E-state index in [1.54, 1.807) is 0 Å². The van der Waals surface area contributed by atoms with Gasteiger partial charge in [-0.3, -0.25) is 0 Å². The molecule has 1 heterocycles. The minimum Gasteiger partial charge on any atom is -0.374 e. The first-order chi connectivity index (χ1) is 9.04. The minimum absolute atomic E-state index is 0.0299. The first-order valence-electron chi connectivity index (χ1n) is 6.87. The number of nitrogens with one attached hydrogen (secondary N) is 1. The molecule has 4 heteroatoms. The molecule has 3 nitrogen and oxygen atoms in total. The molecule has 1 saturated heterocycles. The summed E-state index contributed by atoms with van der Waals surface area (Å²) in [6.45, 7) is 6.60. The number of hydrogen-bond donors (Lipinski definition) is 2. The van der Waals surface area contributed by atoms with Crippen molar-refractivity contribution in [1.82, 2.24) is 5.32 Å². The standard InChI is InChI=1S/C15H23BrN2O/c1-11-8-12(4-5-13(11)16)14(9-17)18-10-15(2)6-3-7-19-15/h4-5,8,14,18H,3,6-7,9-10,17H2,1-2H3. The van der Waals surface area contributed by atoms with Crippen molar-refractivity contribution in [1.29, 1.82) is 0 Å². The summed E-state index contributed by atoms with van der Waals surface area (Å²) in [6.07, 6.45) is 2.28. The van der Waals surface area contributed by atoms with Gasteiger partial charge in [-0.2, -0.15) is 0 Å². The highest BCUT2D eigenvalue weighted by Crippen LogP contribution is 2.26. The van der Waals surface area contributed by atoms with Crippen molar-refractivity contribution in [2.45, 2.75) is 38.3 Å². The third-order valence-corrected chi connectivity index (χ3v) is 4.73. The average Bonchev–Trinajstić information content (AvgIpc) is 2.81. The molecule has 1 aliphatic rings. The highest BCUT2D eigenvalue weighted by Gasteiger charge is 2.30. The molecular weight excluding hydrogens is 304 g/mol. The van der Waals surface area contributed by atoms with Crippen molar-refractivity contribution in [2.24, 2.45) is 5.73 Å². The van der Waals surface area contributed by atoms with E-state index in [0.717, 1.165) is 30.5 Å². The van der Waals surface area contributed by atoms with Crippen molar-refractivity contribution in [3.8, 4) is 0 Å². The number of hydrogen-bond acceptors (Lipinski definition) is 3. The van der Waals surface area contributed by atoms with Crippen LogP contribution in [-0.2, 0) is 4.74 Å². The summed E-state index contributed by atoms with van der Waals surface area (Å²) in [5.74, 6) is 0. The quantitative estimate of drug-likeness (QED) is 0.874. The van der Waals surface area contributed by atoms with Gasteiger partial charge in [-0.1, -0.05) is 28.1 Å². The van der Waals surface area contributed by atoms with Crippen LogP contribution >= 0.6 is 15.9 Å². The van der Waals surface area contributed by atoms with E-state index in [2.05, 4.69) is 53.3 Å². The number of benzene rings is 1. The molecule has 3 N–H and O–H groups in total. The molecule has 1 aromatic carbocycles. The number of aryl methyl sites for hydroxylation is 1. The fourth-order valence-electron chi connectivity index (χ4n) is 2.54.